The van der Waals surface area contributed by atoms with Gasteiger partial charge in [-0.15, -0.1) is 0 Å². The van der Waals surface area contributed by atoms with Gasteiger partial charge in [0.15, 0.2) is 0 Å². The quantitative estimate of drug-likeness (QED) is 0.378. The van der Waals surface area contributed by atoms with Gasteiger partial charge in [-0.1, -0.05) is 36.4 Å². The zero-order valence-corrected chi connectivity index (χ0v) is 9.81. The second-order valence-electron chi connectivity index (χ2n) is 3.82. The van der Waals surface area contributed by atoms with Crippen LogP contribution in [0.2, 0.25) is 0 Å². The van der Waals surface area contributed by atoms with Gasteiger partial charge in [0.05, 0.1) is 0 Å². The van der Waals surface area contributed by atoms with Crippen molar-refractivity contribution >= 4 is 22.5 Å². The molecular weight excluding hydrogens is 230 g/mol. The van der Waals surface area contributed by atoms with Gasteiger partial charge in [-0.2, -0.15) is 0 Å². The number of nitrogens with one attached hydrogen (secondary N) is 3. The first-order chi connectivity index (χ1) is 8.81. The molecule has 0 aliphatic rings. The van der Waals surface area contributed by atoms with Crippen molar-refractivity contribution in [3.8, 4) is 0 Å². The molecule has 2 aromatic rings. The second-order valence-corrected chi connectivity index (χ2v) is 3.82. The Hall–Kier alpha value is -2.27. The molecule has 0 bridgehead atoms. The summed E-state index contributed by atoms with van der Waals surface area (Å²) in [4.78, 5) is 10.7. The van der Waals surface area contributed by atoms with Crippen LogP contribution < -0.4 is 16.1 Å². The highest BCUT2D eigenvalue weighted by molar-refractivity contribution is 5.93. The minimum Gasteiger partial charge on any atom is -0.383 e. The predicted molar refractivity (Wildman–Crippen MR) is 70.8 cm³/mol. The van der Waals surface area contributed by atoms with E-state index in [0.717, 1.165) is 11.1 Å². The number of urea groups is 1. The molecule has 5 nitrogen and oxygen atoms in total. The third kappa shape index (κ3) is 2.89. The molecule has 4 N–H and O–H groups in total. The normalized spacial score (nSPS) is 10.1. The lowest BCUT2D eigenvalue weighted by atomic mass is 10.1. The first-order valence-corrected chi connectivity index (χ1v) is 5.71. The Kier molecular flexibility index (Phi) is 3.98. The Morgan fingerprint density at radius 1 is 1.06 bits per heavy atom. The summed E-state index contributed by atoms with van der Waals surface area (Å²) in [5, 5.41) is 16.4. The number of fused-ring (bicyclic) bond motifs is 1. The van der Waals surface area contributed by atoms with Crippen LogP contribution in [0.25, 0.3) is 10.8 Å². The van der Waals surface area contributed by atoms with Gasteiger partial charge in [0.2, 0.25) is 0 Å². The van der Waals surface area contributed by atoms with Crippen molar-refractivity contribution in [2.45, 2.75) is 0 Å². The van der Waals surface area contributed by atoms with Crippen molar-refractivity contribution in [1.29, 1.82) is 0 Å². The average molecular weight is 245 g/mol. The Balaban J connectivity index is 1.97. The Labute approximate surface area is 105 Å². The Bertz CT molecular complexity index is 537. The molecule has 0 radical (unpaired) electrons. The van der Waals surface area contributed by atoms with Crippen molar-refractivity contribution in [3.05, 3.63) is 42.5 Å². The largest absolute Gasteiger partial charge is 0.383 e. The Morgan fingerprint density at radius 2 is 1.83 bits per heavy atom. The molecule has 2 aromatic carbocycles. The molecule has 0 aliphatic heterocycles. The predicted octanol–water partition coefficient (Wildman–Crippen LogP) is 1.94. The highest BCUT2D eigenvalue weighted by atomic mass is 16.5. The van der Waals surface area contributed by atoms with Crippen LogP contribution in [0.5, 0.6) is 0 Å². The minimum absolute atomic E-state index is 0.426. The van der Waals surface area contributed by atoms with E-state index in [9.17, 15) is 4.79 Å². The molecular formula is C13H15N3O2. The summed E-state index contributed by atoms with van der Waals surface area (Å²) in [7, 11) is 0. The highest BCUT2D eigenvalue weighted by Gasteiger charge is 1.99. The lowest BCUT2D eigenvalue weighted by Crippen LogP contribution is -2.36. The molecule has 94 valence electrons. The van der Waals surface area contributed by atoms with Crippen LogP contribution >= 0.6 is 0 Å². The van der Waals surface area contributed by atoms with E-state index in [1.54, 1.807) is 0 Å². The van der Waals surface area contributed by atoms with Crippen molar-refractivity contribution in [2.24, 2.45) is 0 Å². The van der Waals surface area contributed by atoms with Crippen LogP contribution in [0.15, 0.2) is 42.5 Å². The molecule has 0 aromatic heterocycles. The summed E-state index contributed by atoms with van der Waals surface area (Å²) in [6.45, 7) is 1.01. The number of carbonyl (C=O) groups excluding carboxylic acids is 1. The smallest absolute Gasteiger partial charge is 0.338 e. The summed E-state index contributed by atoms with van der Waals surface area (Å²) in [6, 6.07) is 13.5. The van der Waals surface area contributed by atoms with E-state index >= 15 is 0 Å². The molecule has 2 rings (SSSR count). The fraction of sp³-hybridized carbons (Fsp3) is 0.154. The molecule has 2 amide bonds. The molecule has 0 saturated heterocycles. The molecule has 5 heteroatoms. The van der Waals surface area contributed by atoms with Crippen LogP contribution in [-0.4, -0.2) is 24.3 Å². The molecule has 0 spiro atoms. The van der Waals surface area contributed by atoms with Crippen molar-refractivity contribution in [1.82, 2.24) is 10.8 Å². The third-order valence-corrected chi connectivity index (χ3v) is 2.62. The van der Waals surface area contributed by atoms with Gasteiger partial charge in [-0.25, -0.2) is 10.3 Å². The van der Waals surface area contributed by atoms with Crippen LogP contribution in [0.3, 0.4) is 0 Å². The molecule has 0 aliphatic carbocycles. The van der Waals surface area contributed by atoms with Crippen LogP contribution in [-0.2, 0) is 0 Å². The number of benzene rings is 2. The van der Waals surface area contributed by atoms with Crippen LogP contribution in [0, 0.1) is 0 Å². The SMILES string of the molecule is O=C(NO)NCCNc1cccc2ccccc12. The topological polar surface area (TPSA) is 73.4 Å². The molecule has 0 saturated carbocycles. The summed E-state index contributed by atoms with van der Waals surface area (Å²) < 4.78 is 0. The first-order valence-electron chi connectivity index (χ1n) is 5.71. The lowest BCUT2D eigenvalue weighted by molar-refractivity contribution is 0.162. The zero-order chi connectivity index (χ0) is 12.8. The van der Waals surface area contributed by atoms with Gasteiger partial charge in [0.25, 0.3) is 0 Å². The lowest BCUT2D eigenvalue weighted by Gasteiger charge is -2.10. The maximum Gasteiger partial charge on any atom is 0.338 e. The maximum atomic E-state index is 10.7. The van der Waals surface area contributed by atoms with Gasteiger partial charge < -0.3 is 10.6 Å². The number of carbonyl (C=O) groups is 1. The van der Waals surface area contributed by atoms with E-state index in [-0.39, 0.29) is 0 Å². The molecule has 18 heavy (non-hydrogen) atoms. The van der Waals surface area contributed by atoms with Crippen LogP contribution in [0.4, 0.5) is 10.5 Å². The summed E-state index contributed by atoms with van der Waals surface area (Å²) in [6.07, 6.45) is 0. The van der Waals surface area contributed by atoms with Gasteiger partial charge in [-0.05, 0) is 11.5 Å². The number of anilines is 1. The summed E-state index contributed by atoms with van der Waals surface area (Å²) in [5.41, 5.74) is 2.54. The Morgan fingerprint density at radius 3 is 2.67 bits per heavy atom. The van der Waals surface area contributed by atoms with Crippen molar-refractivity contribution < 1.29 is 10.0 Å². The number of hydrogen-bond acceptors (Lipinski definition) is 3. The van der Waals surface area contributed by atoms with E-state index in [2.05, 4.69) is 22.8 Å². The summed E-state index contributed by atoms with van der Waals surface area (Å²) in [5.74, 6) is 0. The first kappa shape index (κ1) is 12.2. The van der Waals surface area contributed by atoms with Crippen molar-refractivity contribution in [3.63, 3.8) is 0 Å². The number of hydrogen-bond donors (Lipinski definition) is 4. The molecule has 0 atom stereocenters. The highest BCUT2D eigenvalue weighted by Crippen LogP contribution is 2.22. The maximum absolute atomic E-state index is 10.7. The van der Waals surface area contributed by atoms with E-state index in [4.69, 9.17) is 5.21 Å². The van der Waals surface area contributed by atoms with E-state index in [1.165, 1.54) is 10.9 Å². The molecule has 0 heterocycles. The van der Waals surface area contributed by atoms with Crippen molar-refractivity contribution in [2.75, 3.05) is 18.4 Å². The van der Waals surface area contributed by atoms with Crippen LogP contribution in [0.1, 0.15) is 0 Å². The van der Waals surface area contributed by atoms with Gasteiger partial charge >= 0.3 is 6.03 Å². The standard InChI is InChI=1S/C13H15N3O2/c17-13(16-18)15-9-8-14-12-7-3-5-10-4-1-2-6-11(10)12/h1-7,14,18H,8-9H2,(H2,15,16,17). The van der Waals surface area contributed by atoms with E-state index in [0.29, 0.717) is 13.1 Å². The van der Waals surface area contributed by atoms with E-state index in [1.807, 2.05) is 30.3 Å². The summed E-state index contributed by atoms with van der Waals surface area (Å²) >= 11 is 0. The number of hydroxylamine groups is 1. The third-order valence-electron chi connectivity index (χ3n) is 2.62. The number of rotatable bonds is 4. The van der Waals surface area contributed by atoms with Gasteiger partial charge in [0, 0.05) is 24.2 Å². The fourth-order valence-corrected chi connectivity index (χ4v) is 1.79. The molecule has 0 fully saturated rings. The average Bonchev–Trinajstić information content (AvgIpc) is 2.43. The van der Waals surface area contributed by atoms with Gasteiger partial charge in [-0.3, -0.25) is 5.21 Å². The minimum atomic E-state index is -0.602. The zero-order valence-electron chi connectivity index (χ0n) is 9.81. The van der Waals surface area contributed by atoms with Gasteiger partial charge in [0.1, 0.15) is 0 Å². The second kappa shape index (κ2) is 5.88. The van der Waals surface area contributed by atoms with E-state index < -0.39 is 6.03 Å². The monoisotopic (exact) mass is 245 g/mol. The molecule has 0 unspecified atom stereocenters. The number of amides is 2. The fourth-order valence-electron chi connectivity index (χ4n) is 1.79.